The van der Waals surface area contributed by atoms with E-state index in [0.717, 1.165) is 8.78 Å². The zero-order valence-electron chi connectivity index (χ0n) is 22.7. The third kappa shape index (κ3) is 4.01. The number of nitrogens with zero attached hydrogens (tertiary/aromatic N) is 1. The molecule has 5 rings (SSSR count). The molecule has 0 aromatic heterocycles. The second kappa shape index (κ2) is 10.1. The Bertz CT molecular complexity index is 1550. The maximum Gasteiger partial charge on any atom is 0.303 e. The first-order valence-electron chi connectivity index (χ1n) is 12.6. The molecule has 11 heteroatoms. The fourth-order valence-electron chi connectivity index (χ4n) is 6.37. The molecule has 3 aromatic carbocycles. The average Bonchev–Trinajstić information content (AvgIpc) is 3.31. The summed E-state index contributed by atoms with van der Waals surface area (Å²) < 4.78 is 47.7. The summed E-state index contributed by atoms with van der Waals surface area (Å²) in [5, 5.41) is 12.3. The van der Waals surface area contributed by atoms with Crippen molar-refractivity contribution in [2.45, 2.75) is 30.0 Å². The predicted octanol–water partition coefficient (Wildman–Crippen LogP) is 3.71. The molecule has 1 aliphatic heterocycles. The van der Waals surface area contributed by atoms with Crippen molar-refractivity contribution < 1.29 is 32.5 Å². The van der Waals surface area contributed by atoms with Crippen molar-refractivity contribution in [2.75, 3.05) is 28.3 Å². The van der Waals surface area contributed by atoms with E-state index in [1.807, 2.05) is 61.5 Å². The van der Waals surface area contributed by atoms with Crippen LogP contribution in [0.4, 0.5) is 0 Å². The Balaban J connectivity index is 1.85. The monoisotopic (exact) mass is 630 g/mol. The molecule has 0 saturated heterocycles. The zero-order chi connectivity index (χ0) is 29.0. The largest absolute Gasteiger partial charge is 0.496 e. The van der Waals surface area contributed by atoms with Crippen LogP contribution in [0.5, 0.6) is 17.2 Å². The highest BCUT2D eigenvalue weighted by molar-refractivity contribution is 9.10. The topological polar surface area (TPSA) is 114 Å². The maximum atomic E-state index is 13.9. The lowest BCUT2D eigenvalue weighted by atomic mass is 9.64. The van der Waals surface area contributed by atoms with E-state index in [1.54, 1.807) is 12.1 Å². The molecule has 0 unspecified atom stereocenters. The molecule has 9 nitrogen and oxygen atoms in total. The molecule has 40 heavy (non-hydrogen) atoms. The number of aliphatic hydroxyl groups is 1. The van der Waals surface area contributed by atoms with Crippen LogP contribution in [-0.2, 0) is 26.0 Å². The summed E-state index contributed by atoms with van der Waals surface area (Å²) in [6.07, 6.45) is -1.39. The van der Waals surface area contributed by atoms with Crippen LogP contribution in [0.1, 0.15) is 29.5 Å². The van der Waals surface area contributed by atoms with Crippen molar-refractivity contribution in [1.29, 1.82) is 0 Å². The van der Waals surface area contributed by atoms with E-state index in [1.165, 1.54) is 28.3 Å². The molecule has 3 aromatic rings. The maximum absolute atomic E-state index is 13.9. The van der Waals surface area contributed by atoms with Gasteiger partial charge in [0.15, 0.2) is 5.60 Å². The van der Waals surface area contributed by atoms with Crippen LogP contribution in [0.25, 0.3) is 0 Å². The molecule has 1 amide bonds. The van der Waals surface area contributed by atoms with Gasteiger partial charge in [0.1, 0.15) is 17.2 Å². The number of rotatable bonds is 7. The lowest BCUT2D eigenvalue weighted by Crippen LogP contribution is -2.50. The van der Waals surface area contributed by atoms with Gasteiger partial charge in [-0.2, -0.15) is 12.7 Å². The SMILES string of the molecule is COc1cc(OC)c2c(c1)O[C@@]1(c3ccc(Br)cc3)[C@H](c3ccccc3)[C@@H](C(=O)NS(=O)(=O)N(C)C)[C@@H](O)[C@@]21C. The van der Waals surface area contributed by atoms with Crippen LogP contribution in [0.15, 0.2) is 71.2 Å². The molecule has 0 spiro atoms. The number of benzene rings is 3. The second-order valence-electron chi connectivity index (χ2n) is 10.4. The number of hydrogen-bond donors (Lipinski definition) is 2. The molecule has 1 aliphatic carbocycles. The van der Waals surface area contributed by atoms with Crippen molar-refractivity contribution in [1.82, 2.24) is 9.03 Å². The molecule has 0 radical (unpaired) electrons. The molecule has 212 valence electrons. The van der Waals surface area contributed by atoms with E-state index in [4.69, 9.17) is 14.2 Å². The van der Waals surface area contributed by atoms with E-state index >= 15 is 0 Å². The van der Waals surface area contributed by atoms with Crippen molar-refractivity contribution in [3.8, 4) is 17.2 Å². The fourth-order valence-corrected chi connectivity index (χ4v) is 7.21. The Labute approximate surface area is 242 Å². The lowest BCUT2D eigenvalue weighted by molar-refractivity contribution is -0.127. The second-order valence-corrected chi connectivity index (χ2v) is 13.2. The van der Waals surface area contributed by atoms with Gasteiger partial charge in [-0.05, 0) is 30.2 Å². The number of fused-ring (bicyclic) bond motifs is 3. The number of carbonyl (C=O) groups is 1. The Morgan fingerprint density at radius 3 is 2.27 bits per heavy atom. The van der Waals surface area contributed by atoms with Crippen LogP contribution < -0.4 is 18.9 Å². The summed E-state index contributed by atoms with van der Waals surface area (Å²) in [6.45, 7) is 1.84. The number of carbonyl (C=O) groups excluding carboxylic acids is 1. The van der Waals surface area contributed by atoms with Gasteiger partial charge in [0.05, 0.1) is 31.7 Å². The van der Waals surface area contributed by atoms with Gasteiger partial charge < -0.3 is 19.3 Å². The van der Waals surface area contributed by atoms with Crippen molar-refractivity contribution in [3.05, 3.63) is 87.9 Å². The van der Waals surface area contributed by atoms with Gasteiger partial charge in [-0.25, -0.2) is 4.72 Å². The third-order valence-corrected chi connectivity index (χ3v) is 10.2. The minimum absolute atomic E-state index is 0.420. The van der Waals surface area contributed by atoms with Crippen LogP contribution in [-0.4, -0.2) is 58.2 Å². The zero-order valence-corrected chi connectivity index (χ0v) is 25.1. The molecular formula is C29H31BrN2O7S. The first-order valence-corrected chi connectivity index (χ1v) is 14.8. The summed E-state index contributed by atoms with van der Waals surface area (Å²) in [4.78, 5) is 13.9. The highest BCUT2D eigenvalue weighted by Crippen LogP contribution is 2.71. The fraction of sp³-hybridized carbons (Fsp3) is 0.345. The molecule has 1 heterocycles. The number of amides is 1. The standard InChI is InChI=1S/C29H31BrN2O7S/c1-28-25-21(38-5)15-20(37-4)16-22(25)39-29(28,18-11-13-19(30)14-12-18)24(17-9-7-6-8-10-17)23(26(28)33)27(34)31-40(35,36)32(2)3/h6-16,23-24,26,33H,1-5H3,(H,31,34)/t23-,24-,26-,28-,29+/m1/s1. The van der Waals surface area contributed by atoms with E-state index < -0.39 is 45.1 Å². The van der Waals surface area contributed by atoms with Gasteiger partial charge in [-0.15, -0.1) is 0 Å². The first-order chi connectivity index (χ1) is 18.9. The average molecular weight is 632 g/mol. The van der Waals surface area contributed by atoms with Crippen molar-refractivity contribution in [2.24, 2.45) is 5.92 Å². The molecule has 2 N–H and O–H groups in total. The Hall–Kier alpha value is -3.12. The highest BCUT2D eigenvalue weighted by Gasteiger charge is 2.76. The summed E-state index contributed by atoms with van der Waals surface area (Å²) >= 11 is 3.50. The van der Waals surface area contributed by atoms with Gasteiger partial charge in [0, 0.05) is 42.2 Å². The van der Waals surface area contributed by atoms with Crippen LogP contribution in [0, 0.1) is 5.92 Å². The first kappa shape index (κ1) is 28.4. The highest BCUT2D eigenvalue weighted by atomic mass is 79.9. The summed E-state index contributed by atoms with van der Waals surface area (Å²) in [5.41, 5.74) is -0.639. The smallest absolute Gasteiger partial charge is 0.303 e. The number of methoxy groups -OCH3 is 2. The van der Waals surface area contributed by atoms with Gasteiger partial charge in [-0.3, -0.25) is 4.79 Å². The summed E-state index contributed by atoms with van der Waals surface area (Å²) in [5.74, 6) is -1.49. The van der Waals surface area contributed by atoms with Crippen molar-refractivity contribution >= 4 is 32.0 Å². The number of halogens is 1. The number of nitrogens with one attached hydrogen (secondary N) is 1. The molecule has 1 saturated carbocycles. The quantitative estimate of drug-likeness (QED) is 0.409. The van der Waals surface area contributed by atoms with E-state index in [2.05, 4.69) is 20.7 Å². The Morgan fingerprint density at radius 2 is 1.70 bits per heavy atom. The minimum atomic E-state index is -4.15. The van der Waals surface area contributed by atoms with E-state index in [9.17, 15) is 18.3 Å². The van der Waals surface area contributed by atoms with Gasteiger partial charge in [0.25, 0.3) is 0 Å². The Morgan fingerprint density at radius 1 is 1.05 bits per heavy atom. The van der Waals surface area contributed by atoms with Crippen molar-refractivity contribution in [3.63, 3.8) is 0 Å². The lowest BCUT2D eigenvalue weighted by Gasteiger charge is -2.42. The molecule has 1 fully saturated rings. The van der Waals surface area contributed by atoms with Crippen LogP contribution in [0.3, 0.4) is 0 Å². The van der Waals surface area contributed by atoms with Crippen LogP contribution in [0.2, 0.25) is 0 Å². The normalized spacial score (nSPS) is 27.1. The number of hydrogen-bond acceptors (Lipinski definition) is 7. The number of aliphatic hydroxyl groups excluding tert-OH is 1. The van der Waals surface area contributed by atoms with E-state index in [0.29, 0.717) is 33.9 Å². The summed E-state index contributed by atoms with van der Waals surface area (Å²) in [6, 6.07) is 20.2. The Kier molecular flexibility index (Phi) is 7.14. The third-order valence-electron chi connectivity index (χ3n) is 8.23. The minimum Gasteiger partial charge on any atom is -0.496 e. The van der Waals surface area contributed by atoms with Gasteiger partial charge in [-0.1, -0.05) is 58.4 Å². The van der Waals surface area contributed by atoms with Gasteiger partial charge >= 0.3 is 10.2 Å². The molecule has 0 bridgehead atoms. The summed E-state index contributed by atoms with van der Waals surface area (Å²) in [7, 11) is 1.56. The molecular weight excluding hydrogens is 600 g/mol. The predicted molar refractivity (Wildman–Crippen MR) is 153 cm³/mol. The molecule has 2 aliphatic rings. The van der Waals surface area contributed by atoms with E-state index in [-0.39, 0.29) is 0 Å². The number of ether oxygens (including phenoxy) is 3. The van der Waals surface area contributed by atoms with Gasteiger partial charge in [0.2, 0.25) is 5.91 Å². The van der Waals surface area contributed by atoms with Crippen LogP contribution >= 0.6 is 15.9 Å². The molecule has 5 atom stereocenters.